The van der Waals surface area contributed by atoms with Crippen molar-refractivity contribution in [2.45, 2.75) is 25.3 Å². The summed E-state index contributed by atoms with van der Waals surface area (Å²) in [5.74, 6) is -0.699. The highest BCUT2D eigenvalue weighted by atomic mass is 79.9. The second-order valence-corrected chi connectivity index (χ2v) is 6.34. The Hall–Kier alpha value is -2.41. The van der Waals surface area contributed by atoms with Crippen LogP contribution in [0.15, 0.2) is 56.7 Å². The summed E-state index contributed by atoms with van der Waals surface area (Å²) in [6, 6.07) is 10.9. The van der Waals surface area contributed by atoms with E-state index in [1.165, 1.54) is 5.01 Å². The van der Waals surface area contributed by atoms with Crippen LogP contribution < -0.4 is 0 Å². The summed E-state index contributed by atoms with van der Waals surface area (Å²) in [6.45, 7) is 0. The van der Waals surface area contributed by atoms with Crippen LogP contribution in [0.1, 0.15) is 36.6 Å². The Kier molecular flexibility index (Phi) is 4.80. The van der Waals surface area contributed by atoms with Crippen molar-refractivity contribution in [1.29, 1.82) is 0 Å². The normalized spacial score (nSPS) is 17.0. The third kappa shape index (κ3) is 3.56. The van der Waals surface area contributed by atoms with Crippen molar-refractivity contribution in [2.75, 3.05) is 0 Å². The van der Waals surface area contributed by atoms with Gasteiger partial charge in [-0.25, -0.2) is 5.01 Å². The Morgan fingerprint density at radius 3 is 2.62 bits per heavy atom. The zero-order valence-corrected chi connectivity index (χ0v) is 14.3. The van der Waals surface area contributed by atoms with Crippen molar-refractivity contribution >= 4 is 33.5 Å². The van der Waals surface area contributed by atoms with Gasteiger partial charge in [-0.2, -0.15) is 5.10 Å². The van der Waals surface area contributed by atoms with E-state index in [0.717, 1.165) is 10.0 Å². The number of amides is 1. The second-order valence-electron chi connectivity index (χ2n) is 5.43. The van der Waals surface area contributed by atoms with Gasteiger partial charge in [-0.1, -0.05) is 28.1 Å². The van der Waals surface area contributed by atoms with Gasteiger partial charge in [-0.15, -0.1) is 0 Å². The van der Waals surface area contributed by atoms with Gasteiger partial charge < -0.3 is 9.52 Å². The highest BCUT2D eigenvalue weighted by Crippen LogP contribution is 2.34. The molecular weight excluding hydrogens is 376 g/mol. The summed E-state index contributed by atoms with van der Waals surface area (Å²) in [7, 11) is 0. The maximum absolute atomic E-state index is 12.4. The molecule has 1 aromatic carbocycles. The van der Waals surface area contributed by atoms with Gasteiger partial charge in [0.25, 0.3) is 0 Å². The van der Waals surface area contributed by atoms with Crippen molar-refractivity contribution in [3.63, 3.8) is 0 Å². The van der Waals surface area contributed by atoms with Gasteiger partial charge in [-0.05, 0) is 29.8 Å². The van der Waals surface area contributed by atoms with Gasteiger partial charge in [0.05, 0.1) is 18.7 Å². The first-order chi connectivity index (χ1) is 11.5. The molecule has 0 unspecified atom stereocenters. The highest BCUT2D eigenvalue weighted by molar-refractivity contribution is 9.10. The average molecular weight is 391 g/mol. The lowest BCUT2D eigenvalue weighted by atomic mass is 10.0. The van der Waals surface area contributed by atoms with Crippen LogP contribution in [-0.4, -0.2) is 27.7 Å². The molecule has 124 valence electrons. The largest absolute Gasteiger partial charge is 0.481 e. The van der Waals surface area contributed by atoms with E-state index in [-0.39, 0.29) is 24.8 Å². The Morgan fingerprint density at radius 2 is 2.00 bits per heavy atom. The monoisotopic (exact) mass is 390 g/mol. The van der Waals surface area contributed by atoms with Crippen LogP contribution in [0.5, 0.6) is 0 Å². The summed E-state index contributed by atoms with van der Waals surface area (Å²) in [6.07, 6.45) is 1.78. The minimum absolute atomic E-state index is 0.0860. The molecule has 2 aromatic rings. The topological polar surface area (TPSA) is 83.1 Å². The molecule has 1 amide bonds. The van der Waals surface area contributed by atoms with Gasteiger partial charge >= 0.3 is 5.97 Å². The van der Waals surface area contributed by atoms with E-state index in [9.17, 15) is 9.59 Å². The van der Waals surface area contributed by atoms with Gasteiger partial charge in [-0.3, -0.25) is 9.59 Å². The minimum atomic E-state index is -1.00. The molecule has 6 nitrogen and oxygen atoms in total. The van der Waals surface area contributed by atoms with Gasteiger partial charge in [0.15, 0.2) is 0 Å². The summed E-state index contributed by atoms with van der Waals surface area (Å²) < 4.78 is 6.32. The number of halogens is 1. The number of carbonyl (C=O) groups excluding carboxylic acids is 1. The number of carboxylic acid groups (broad SMARTS) is 1. The number of hydrogen-bond donors (Lipinski definition) is 1. The number of aliphatic carboxylic acids is 1. The van der Waals surface area contributed by atoms with E-state index in [1.54, 1.807) is 18.4 Å². The van der Waals surface area contributed by atoms with Crippen LogP contribution in [0.2, 0.25) is 0 Å². The fourth-order valence-electron chi connectivity index (χ4n) is 2.60. The predicted molar refractivity (Wildman–Crippen MR) is 90.5 cm³/mol. The molecule has 0 saturated heterocycles. The highest BCUT2D eigenvalue weighted by Gasteiger charge is 2.33. The fourth-order valence-corrected chi connectivity index (χ4v) is 2.87. The molecule has 0 bridgehead atoms. The van der Waals surface area contributed by atoms with E-state index in [2.05, 4.69) is 21.0 Å². The summed E-state index contributed by atoms with van der Waals surface area (Å²) in [5.41, 5.74) is 1.61. The lowest BCUT2D eigenvalue weighted by molar-refractivity contribution is -0.141. The first-order valence-electron chi connectivity index (χ1n) is 7.45. The molecule has 1 aliphatic rings. The van der Waals surface area contributed by atoms with Crippen molar-refractivity contribution < 1.29 is 19.1 Å². The first kappa shape index (κ1) is 16.4. The van der Waals surface area contributed by atoms with E-state index in [0.29, 0.717) is 17.9 Å². The van der Waals surface area contributed by atoms with Gasteiger partial charge in [0.1, 0.15) is 11.5 Å². The number of hydrogen-bond acceptors (Lipinski definition) is 4. The summed E-state index contributed by atoms with van der Waals surface area (Å²) in [4.78, 5) is 23.2. The molecule has 1 atom stereocenters. The standard InChI is InChI=1S/C17H15BrN2O4/c18-12-5-3-11(4-6-12)14-10-13(15-2-1-9-24-15)19-20(14)16(21)7-8-17(22)23/h1-6,9,14H,7-8,10H2,(H,22,23)/t14-/m0/s1. The number of benzene rings is 1. The molecule has 1 aromatic heterocycles. The average Bonchev–Trinajstić information content (AvgIpc) is 3.22. The van der Waals surface area contributed by atoms with Crippen LogP contribution in [-0.2, 0) is 9.59 Å². The quantitative estimate of drug-likeness (QED) is 0.845. The lowest BCUT2D eigenvalue weighted by Gasteiger charge is -2.21. The van der Waals surface area contributed by atoms with Gasteiger partial charge in [0.2, 0.25) is 5.91 Å². The molecule has 0 spiro atoms. The molecule has 3 rings (SSSR count). The number of carbonyl (C=O) groups is 2. The smallest absolute Gasteiger partial charge is 0.303 e. The van der Waals surface area contributed by atoms with Crippen LogP contribution >= 0.6 is 15.9 Å². The number of nitrogens with zero attached hydrogens (tertiary/aromatic N) is 2. The Bertz CT molecular complexity index is 768. The van der Waals surface area contributed by atoms with Crippen LogP contribution in [0.25, 0.3) is 0 Å². The van der Waals surface area contributed by atoms with E-state index >= 15 is 0 Å². The minimum Gasteiger partial charge on any atom is -0.481 e. The second kappa shape index (κ2) is 7.00. The fraction of sp³-hybridized carbons (Fsp3) is 0.235. The van der Waals surface area contributed by atoms with Crippen molar-refractivity contribution in [3.05, 3.63) is 58.5 Å². The Morgan fingerprint density at radius 1 is 1.25 bits per heavy atom. The third-order valence-corrected chi connectivity index (χ3v) is 4.31. The number of carboxylic acids is 1. The van der Waals surface area contributed by atoms with E-state index < -0.39 is 5.97 Å². The summed E-state index contributed by atoms with van der Waals surface area (Å²) in [5, 5.41) is 14.6. The van der Waals surface area contributed by atoms with Crippen LogP contribution in [0, 0.1) is 0 Å². The SMILES string of the molecule is O=C(O)CCC(=O)N1N=C(c2ccco2)C[C@H]1c1ccc(Br)cc1. The number of rotatable bonds is 5. The molecule has 0 fully saturated rings. The zero-order valence-electron chi connectivity index (χ0n) is 12.7. The van der Waals surface area contributed by atoms with Crippen LogP contribution in [0.4, 0.5) is 0 Å². The molecule has 1 aliphatic heterocycles. The van der Waals surface area contributed by atoms with Crippen molar-refractivity contribution in [1.82, 2.24) is 5.01 Å². The molecule has 0 saturated carbocycles. The molecule has 0 aliphatic carbocycles. The molecule has 2 heterocycles. The Balaban J connectivity index is 1.87. The maximum Gasteiger partial charge on any atom is 0.303 e. The maximum atomic E-state index is 12.4. The number of furan rings is 1. The third-order valence-electron chi connectivity index (χ3n) is 3.78. The van der Waals surface area contributed by atoms with Crippen molar-refractivity contribution in [3.8, 4) is 0 Å². The molecule has 0 radical (unpaired) electrons. The van der Waals surface area contributed by atoms with E-state index in [4.69, 9.17) is 9.52 Å². The van der Waals surface area contributed by atoms with Crippen LogP contribution in [0.3, 0.4) is 0 Å². The molecular formula is C17H15BrN2O4. The lowest BCUT2D eigenvalue weighted by Crippen LogP contribution is -2.27. The predicted octanol–water partition coefficient (Wildman–Crippen LogP) is 3.58. The number of hydrazone groups is 1. The first-order valence-corrected chi connectivity index (χ1v) is 8.24. The van der Waals surface area contributed by atoms with Crippen molar-refractivity contribution in [2.24, 2.45) is 5.10 Å². The summed E-state index contributed by atoms with van der Waals surface area (Å²) >= 11 is 3.39. The molecule has 7 heteroatoms. The molecule has 24 heavy (non-hydrogen) atoms. The molecule has 1 N–H and O–H groups in total. The van der Waals surface area contributed by atoms with E-state index in [1.807, 2.05) is 24.3 Å². The van der Waals surface area contributed by atoms with Gasteiger partial charge in [0, 0.05) is 17.3 Å². The Labute approximate surface area is 146 Å². The zero-order chi connectivity index (χ0) is 17.1.